The van der Waals surface area contributed by atoms with Gasteiger partial charge < -0.3 is 9.47 Å². The van der Waals surface area contributed by atoms with Crippen LogP contribution in [0.4, 0.5) is 4.79 Å². The minimum Gasteiger partial charge on any atom is -0.497 e. The number of rotatable bonds is 6. The highest BCUT2D eigenvalue weighted by Crippen LogP contribution is 2.32. The Bertz CT molecular complexity index is 930. The van der Waals surface area contributed by atoms with Gasteiger partial charge in [0.25, 0.3) is 0 Å². The fraction of sp³-hybridized carbons (Fsp3) is 0.174. The Morgan fingerprint density at radius 1 is 0.733 bits per heavy atom. The molecule has 0 fully saturated rings. The van der Waals surface area contributed by atoms with E-state index in [1.165, 1.54) is 0 Å². The van der Waals surface area contributed by atoms with Crippen LogP contribution in [0.1, 0.15) is 11.1 Å². The van der Waals surface area contributed by atoms with Crippen LogP contribution in [0.15, 0.2) is 83.3 Å². The van der Waals surface area contributed by atoms with E-state index in [9.17, 15) is 4.79 Å². The SMILES string of the molecule is COc1ccc(C[N+]2(C(=O)[N+]3(Cc4ccc(OC)cc4)C=CC=N3)C=CC=N2)cc1. The molecule has 2 aliphatic heterocycles. The number of hydrogen-bond acceptors (Lipinski definition) is 5. The number of methoxy groups -OCH3 is 2. The second kappa shape index (κ2) is 8.06. The third-order valence-corrected chi connectivity index (χ3v) is 5.21. The summed E-state index contributed by atoms with van der Waals surface area (Å²) in [6, 6.07) is 15.2. The Morgan fingerprint density at radius 3 is 1.43 bits per heavy atom. The van der Waals surface area contributed by atoms with Gasteiger partial charge in [0, 0.05) is 23.3 Å². The minimum atomic E-state index is -0.190. The van der Waals surface area contributed by atoms with Crippen molar-refractivity contribution in [3.8, 4) is 11.5 Å². The average molecular weight is 404 g/mol. The number of ether oxygens (including phenoxy) is 2. The van der Waals surface area contributed by atoms with E-state index in [1.807, 2.05) is 60.9 Å². The molecule has 0 aromatic heterocycles. The third kappa shape index (κ3) is 3.68. The van der Waals surface area contributed by atoms with Gasteiger partial charge in [-0.1, -0.05) is 19.4 Å². The highest BCUT2D eigenvalue weighted by molar-refractivity contribution is 5.77. The summed E-state index contributed by atoms with van der Waals surface area (Å²) < 4.78 is 10.1. The Morgan fingerprint density at radius 2 is 1.13 bits per heavy atom. The molecule has 2 atom stereocenters. The normalized spacial score (nSPS) is 23.8. The van der Waals surface area contributed by atoms with Crippen molar-refractivity contribution < 1.29 is 23.5 Å². The van der Waals surface area contributed by atoms with Gasteiger partial charge in [0.1, 0.15) is 37.0 Å². The molecule has 0 aliphatic carbocycles. The second-order valence-corrected chi connectivity index (χ2v) is 7.16. The molecule has 4 rings (SSSR count). The van der Waals surface area contributed by atoms with E-state index in [0.29, 0.717) is 13.1 Å². The molecule has 2 unspecified atom stereocenters. The first-order valence-electron chi connectivity index (χ1n) is 9.62. The van der Waals surface area contributed by atoms with Gasteiger partial charge in [0.05, 0.1) is 26.6 Å². The average Bonchev–Trinajstić information content (AvgIpc) is 3.45. The van der Waals surface area contributed by atoms with E-state index in [-0.39, 0.29) is 15.2 Å². The van der Waals surface area contributed by atoms with Gasteiger partial charge in [0.15, 0.2) is 0 Å². The highest BCUT2D eigenvalue weighted by Gasteiger charge is 2.55. The Kier molecular flexibility index (Phi) is 5.31. The molecule has 0 spiro atoms. The topological polar surface area (TPSA) is 60.2 Å². The van der Waals surface area contributed by atoms with Crippen molar-refractivity contribution in [3.63, 3.8) is 0 Å². The van der Waals surface area contributed by atoms with Gasteiger partial charge in [-0.3, -0.25) is 0 Å². The molecule has 152 valence electrons. The predicted octanol–water partition coefficient (Wildman–Crippen LogP) is 4.18. The van der Waals surface area contributed by atoms with Crippen LogP contribution < -0.4 is 9.47 Å². The Labute approximate surface area is 175 Å². The van der Waals surface area contributed by atoms with Crippen LogP contribution in [-0.4, -0.2) is 41.9 Å². The first-order chi connectivity index (χ1) is 14.6. The van der Waals surface area contributed by atoms with Crippen LogP contribution in [0.5, 0.6) is 11.5 Å². The summed E-state index contributed by atoms with van der Waals surface area (Å²) in [4.78, 5) is 13.9. The summed E-state index contributed by atoms with van der Waals surface area (Å²) in [6.07, 6.45) is 10.5. The molecular weight excluding hydrogens is 380 g/mol. The fourth-order valence-electron chi connectivity index (χ4n) is 3.62. The first kappa shape index (κ1) is 19.8. The predicted molar refractivity (Wildman–Crippen MR) is 115 cm³/mol. The van der Waals surface area contributed by atoms with Crippen molar-refractivity contribution in [1.82, 2.24) is 0 Å². The number of benzene rings is 2. The van der Waals surface area contributed by atoms with Crippen molar-refractivity contribution in [3.05, 3.63) is 84.2 Å². The lowest BCUT2D eigenvalue weighted by Gasteiger charge is -2.29. The lowest BCUT2D eigenvalue weighted by molar-refractivity contribution is -0.943. The molecule has 0 radical (unpaired) electrons. The summed E-state index contributed by atoms with van der Waals surface area (Å²) in [7, 11) is 3.26. The fourth-order valence-corrected chi connectivity index (χ4v) is 3.62. The molecule has 7 nitrogen and oxygen atoms in total. The van der Waals surface area contributed by atoms with Crippen molar-refractivity contribution in [2.24, 2.45) is 10.2 Å². The van der Waals surface area contributed by atoms with E-state index in [4.69, 9.17) is 9.47 Å². The summed E-state index contributed by atoms with van der Waals surface area (Å²) in [5.41, 5.74) is 1.95. The number of carbonyl (C=O) groups is 1. The number of nitrogens with zero attached hydrogens (tertiary/aromatic N) is 4. The maximum Gasteiger partial charge on any atom is 0.578 e. The van der Waals surface area contributed by atoms with Crippen LogP contribution in [0.25, 0.3) is 0 Å². The molecule has 2 aromatic carbocycles. The quantitative estimate of drug-likeness (QED) is 0.679. The summed E-state index contributed by atoms with van der Waals surface area (Å²) in [5, 5.41) is 9.08. The van der Waals surface area contributed by atoms with Crippen LogP contribution in [0, 0.1) is 0 Å². The van der Waals surface area contributed by atoms with Crippen molar-refractivity contribution in [1.29, 1.82) is 0 Å². The van der Waals surface area contributed by atoms with Gasteiger partial charge >= 0.3 is 6.03 Å². The van der Waals surface area contributed by atoms with E-state index < -0.39 is 0 Å². The van der Waals surface area contributed by atoms with E-state index >= 15 is 0 Å². The van der Waals surface area contributed by atoms with Crippen LogP contribution in [0.3, 0.4) is 0 Å². The lowest BCUT2D eigenvalue weighted by Crippen LogP contribution is -2.55. The van der Waals surface area contributed by atoms with Crippen molar-refractivity contribution in [2.45, 2.75) is 13.1 Å². The maximum absolute atomic E-state index is 13.9. The third-order valence-electron chi connectivity index (χ3n) is 5.21. The number of urea groups is 1. The molecule has 2 aromatic rings. The standard InChI is InChI=1S/C23H24N4O3/c1-29-21-9-5-19(6-10-21)17-26(15-3-13-24-26)23(28)27(16-4-14-25-27)18-20-7-11-22(30-2)12-8-20/h3-16H,17-18H2,1-2H3/q+2. The van der Waals surface area contributed by atoms with Crippen LogP contribution in [0.2, 0.25) is 0 Å². The van der Waals surface area contributed by atoms with Crippen molar-refractivity contribution in [2.75, 3.05) is 14.2 Å². The molecule has 0 saturated heterocycles. The molecular formula is C23H24N4O3+2. The lowest BCUT2D eigenvalue weighted by atomic mass is 10.2. The maximum atomic E-state index is 13.9. The van der Waals surface area contributed by atoms with Gasteiger partial charge in [0.2, 0.25) is 0 Å². The van der Waals surface area contributed by atoms with Gasteiger partial charge in [-0.2, -0.15) is 4.79 Å². The molecule has 2 heterocycles. The monoisotopic (exact) mass is 404 g/mol. The molecule has 30 heavy (non-hydrogen) atoms. The van der Waals surface area contributed by atoms with Crippen LogP contribution >= 0.6 is 0 Å². The van der Waals surface area contributed by atoms with Gasteiger partial charge in [-0.25, -0.2) is 0 Å². The van der Waals surface area contributed by atoms with Crippen molar-refractivity contribution >= 4 is 18.5 Å². The highest BCUT2D eigenvalue weighted by atomic mass is 16.5. The van der Waals surface area contributed by atoms with Crippen LogP contribution in [-0.2, 0) is 13.1 Å². The second-order valence-electron chi connectivity index (χ2n) is 7.16. The molecule has 0 bridgehead atoms. The molecule has 2 amide bonds. The van der Waals surface area contributed by atoms with E-state index in [0.717, 1.165) is 22.6 Å². The zero-order chi connectivity index (χ0) is 21.0. The number of quaternary nitrogens is 2. The summed E-state index contributed by atoms with van der Waals surface area (Å²) >= 11 is 0. The number of carbonyl (C=O) groups excluding carboxylic acids is 1. The number of allylic oxidation sites excluding steroid dienone is 2. The smallest absolute Gasteiger partial charge is 0.497 e. The molecule has 7 heteroatoms. The van der Waals surface area contributed by atoms with E-state index in [2.05, 4.69) is 10.2 Å². The van der Waals surface area contributed by atoms with Gasteiger partial charge in [-0.15, -0.1) is 0 Å². The zero-order valence-electron chi connectivity index (χ0n) is 17.0. The molecule has 2 aliphatic rings. The van der Waals surface area contributed by atoms with Gasteiger partial charge in [-0.05, 0) is 48.5 Å². The Hall–Kier alpha value is -3.55. The first-order valence-corrected chi connectivity index (χ1v) is 9.62. The zero-order valence-corrected chi connectivity index (χ0v) is 17.0. The summed E-state index contributed by atoms with van der Waals surface area (Å²) in [5.74, 6) is 1.54. The molecule has 0 saturated carbocycles. The number of amides is 2. The Balaban J connectivity index is 1.64. The largest absolute Gasteiger partial charge is 0.578 e. The summed E-state index contributed by atoms with van der Waals surface area (Å²) in [6.45, 7) is 0.781. The molecule has 0 N–H and O–H groups in total. The van der Waals surface area contributed by atoms with E-state index in [1.54, 1.807) is 38.8 Å². The minimum absolute atomic E-state index is 0.156. The number of hydrogen-bond donors (Lipinski definition) is 0.